The molecule has 33 heavy (non-hydrogen) atoms. The van der Waals surface area contributed by atoms with Gasteiger partial charge in [-0.25, -0.2) is 4.79 Å². The maximum atomic E-state index is 13.6. The van der Waals surface area contributed by atoms with E-state index in [0.717, 1.165) is 16.8 Å². The van der Waals surface area contributed by atoms with Crippen LogP contribution < -0.4 is 14.8 Å². The highest BCUT2D eigenvalue weighted by Gasteiger charge is 2.42. The largest absolute Gasteiger partial charge is 0.460 e. The van der Waals surface area contributed by atoms with Gasteiger partial charge in [-0.3, -0.25) is 4.79 Å². The molecule has 0 spiro atoms. The van der Waals surface area contributed by atoms with E-state index < -0.39 is 11.9 Å². The molecule has 3 aliphatic rings. The predicted octanol–water partition coefficient (Wildman–Crippen LogP) is 4.73. The lowest BCUT2D eigenvalue weighted by atomic mass is 9.71. The first-order valence-electron chi connectivity index (χ1n) is 11.3. The standard InChI is InChI=1S/C27H27NO5/c1-15(2)33-27(30)24-16(3)28-20-11-19(17-7-5-4-6-8-17)12-21(29)26(20)25(24)18-9-10-22-23(13-18)32-14-31-22/h4-10,13,15,19,25,28H,11-12,14H2,1-3H3. The average Bonchev–Trinajstić information content (AvgIpc) is 3.26. The monoisotopic (exact) mass is 445 g/mol. The summed E-state index contributed by atoms with van der Waals surface area (Å²) in [5.41, 5.74) is 4.65. The molecule has 0 bridgehead atoms. The molecule has 0 saturated carbocycles. The van der Waals surface area contributed by atoms with Crippen LogP contribution in [0.2, 0.25) is 0 Å². The zero-order chi connectivity index (χ0) is 23.1. The number of esters is 1. The molecule has 2 heterocycles. The van der Waals surface area contributed by atoms with E-state index >= 15 is 0 Å². The Morgan fingerprint density at radius 1 is 1.03 bits per heavy atom. The van der Waals surface area contributed by atoms with E-state index in [1.807, 2.05) is 57.2 Å². The van der Waals surface area contributed by atoms with Crippen molar-refractivity contribution in [1.29, 1.82) is 0 Å². The van der Waals surface area contributed by atoms with Crippen LogP contribution in [-0.4, -0.2) is 24.6 Å². The molecule has 0 saturated heterocycles. The number of allylic oxidation sites excluding steroid dienone is 3. The number of dihydropyridines is 1. The van der Waals surface area contributed by atoms with Crippen molar-refractivity contribution in [2.75, 3.05) is 6.79 Å². The zero-order valence-electron chi connectivity index (χ0n) is 19.0. The number of ether oxygens (including phenoxy) is 3. The first-order valence-corrected chi connectivity index (χ1v) is 11.3. The van der Waals surface area contributed by atoms with E-state index in [4.69, 9.17) is 14.2 Å². The molecule has 2 unspecified atom stereocenters. The topological polar surface area (TPSA) is 73.9 Å². The summed E-state index contributed by atoms with van der Waals surface area (Å²) in [7, 11) is 0. The second-order valence-corrected chi connectivity index (χ2v) is 8.99. The van der Waals surface area contributed by atoms with Crippen LogP contribution in [0.4, 0.5) is 0 Å². The minimum Gasteiger partial charge on any atom is -0.460 e. The molecule has 2 atom stereocenters. The highest BCUT2D eigenvalue weighted by molar-refractivity contribution is 6.04. The number of Topliss-reactive ketones (excluding diaryl/α,β-unsaturated/α-hetero) is 1. The third-order valence-corrected chi connectivity index (χ3v) is 6.39. The molecule has 2 aliphatic heterocycles. The van der Waals surface area contributed by atoms with Gasteiger partial charge >= 0.3 is 5.97 Å². The van der Waals surface area contributed by atoms with Crippen LogP contribution in [0.25, 0.3) is 0 Å². The molecule has 5 rings (SSSR count). The van der Waals surface area contributed by atoms with Crippen molar-refractivity contribution in [3.05, 3.63) is 82.2 Å². The van der Waals surface area contributed by atoms with Gasteiger partial charge in [-0.1, -0.05) is 36.4 Å². The Kier molecular flexibility index (Phi) is 5.44. The normalized spacial score (nSPS) is 21.8. The van der Waals surface area contributed by atoms with E-state index in [2.05, 4.69) is 17.4 Å². The lowest BCUT2D eigenvalue weighted by Gasteiger charge is -2.37. The van der Waals surface area contributed by atoms with Gasteiger partial charge in [0.1, 0.15) is 0 Å². The van der Waals surface area contributed by atoms with E-state index in [0.29, 0.717) is 41.2 Å². The van der Waals surface area contributed by atoms with Crippen molar-refractivity contribution in [2.24, 2.45) is 0 Å². The van der Waals surface area contributed by atoms with Crippen molar-refractivity contribution in [2.45, 2.75) is 51.6 Å². The van der Waals surface area contributed by atoms with Gasteiger partial charge in [-0.05, 0) is 56.4 Å². The fourth-order valence-electron chi connectivity index (χ4n) is 4.97. The molecule has 0 radical (unpaired) electrons. The molecule has 0 amide bonds. The number of hydrogen-bond donors (Lipinski definition) is 1. The number of carbonyl (C=O) groups is 2. The number of carbonyl (C=O) groups excluding carboxylic acids is 2. The van der Waals surface area contributed by atoms with E-state index in [1.165, 1.54) is 0 Å². The summed E-state index contributed by atoms with van der Waals surface area (Å²) < 4.78 is 16.6. The van der Waals surface area contributed by atoms with E-state index in [-0.39, 0.29) is 24.6 Å². The first-order chi connectivity index (χ1) is 15.9. The Morgan fingerprint density at radius 3 is 2.55 bits per heavy atom. The fourth-order valence-corrected chi connectivity index (χ4v) is 4.97. The highest BCUT2D eigenvalue weighted by atomic mass is 16.7. The summed E-state index contributed by atoms with van der Waals surface area (Å²) in [5.74, 6) is 0.483. The smallest absolute Gasteiger partial charge is 0.337 e. The van der Waals surface area contributed by atoms with Gasteiger partial charge in [0, 0.05) is 29.3 Å². The summed E-state index contributed by atoms with van der Waals surface area (Å²) in [5, 5.41) is 3.39. The minimum atomic E-state index is -0.522. The molecule has 6 heteroatoms. The number of benzene rings is 2. The Bertz CT molecular complexity index is 1180. The Labute approximate surface area is 193 Å². The number of ketones is 1. The SMILES string of the molecule is CC1=C(C(=O)OC(C)C)C(c2ccc3c(c2)OCO3)C2=C(CC(c3ccccc3)CC2=O)N1. The number of rotatable bonds is 4. The van der Waals surface area contributed by atoms with Gasteiger partial charge in [-0.15, -0.1) is 0 Å². The molecule has 170 valence electrons. The molecular weight excluding hydrogens is 418 g/mol. The molecule has 1 N–H and O–H groups in total. The summed E-state index contributed by atoms with van der Waals surface area (Å²) in [6.07, 6.45) is 0.836. The zero-order valence-corrected chi connectivity index (χ0v) is 19.0. The van der Waals surface area contributed by atoms with Crippen LogP contribution in [0.3, 0.4) is 0 Å². The van der Waals surface area contributed by atoms with Crippen molar-refractivity contribution >= 4 is 11.8 Å². The molecule has 0 aromatic heterocycles. The Morgan fingerprint density at radius 2 is 1.79 bits per heavy atom. The average molecular weight is 446 g/mol. The summed E-state index contributed by atoms with van der Waals surface area (Å²) in [6, 6.07) is 15.7. The molecular formula is C27H27NO5. The van der Waals surface area contributed by atoms with Gasteiger partial charge in [0.25, 0.3) is 0 Å². The number of nitrogens with one attached hydrogen (secondary N) is 1. The van der Waals surface area contributed by atoms with E-state index in [9.17, 15) is 9.59 Å². The predicted molar refractivity (Wildman–Crippen MR) is 123 cm³/mol. The number of fused-ring (bicyclic) bond motifs is 1. The molecule has 6 nitrogen and oxygen atoms in total. The maximum absolute atomic E-state index is 13.6. The van der Waals surface area contributed by atoms with Gasteiger partial charge in [-0.2, -0.15) is 0 Å². The summed E-state index contributed by atoms with van der Waals surface area (Å²) in [4.78, 5) is 26.8. The lowest BCUT2D eigenvalue weighted by Crippen LogP contribution is -2.36. The Hall–Kier alpha value is -3.54. The van der Waals surface area contributed by atoms with Gasteiger partial charge < -0.3 is 19.5 Å². The van der Waals surface area contributed by atoms with Gasteiger partial charge in [0.15, 0.2) is 17.3 Å². The van der Waals surface area contributed by atoms with Crippen LogP contribution in [0.1, 0.15) is 56.6 Å². The second kappa shape index (κ2) is 8.43. The summed E-state index contributed by atoms with van der Waals surface area (Å²) in [6.45, 7) is 5.67. The van der Waals surface area contributed by atoms with Gasteiger partial charge in [0.05, 0.1) is 11.7 Å². The first kappa shape index (κ1) is 21.3. The molecule has 2 aromatic carbocycles. The third kappa shape index (κ3) is 3.90. The van der Waals surface area contributed by atoms with Crippen LogP contribution in [0.15, 0.2) is 71.1 Å². The maximum Gasteiger partial charge on any atom is 0.337 e. The molecule has 1 aliphatic carbocycles. The molecule has 2 aromatic rings. The van der Waals surface area contributed by atoms with Crippen molar-refractivity contribution in [3.63, 3.8) is 0 Å². The van der Waals surface area contributed by atoms with Gasteiger partial charge in [0.2, 0.25) is 6.79 Å². The van der Waals surface area contributed by atoms with E-state index in [1.54, 1.807) is 0 Å². The molecule has 0 fully saturated rings. The fraction of sp³-hybridized carbons (Fsp3) is 0.333. The highest BCUT2D eigenvalue weighted by Crippen LogP contribution is 2.47. The minimum absolute atomic E-state index is 0.0441. The summed E-state index contributed by atoms with van der Waals surface area (Å²) >= 11 is 0. The second-order valence-electron chi connectivity index (χ2n) is 8.99. The van der Waals surface area contributed by atoms with Crippen LogP contribution in [0, 0.1) is 0 Å². The van der Waals surface area contributed by atoms with Crippen LogP contribution >= 0.6 is 0 Å². The quantitative estimate of drug-likeness (QED) is 0.686. The van der Waals surface area contributed by atoms with Crippen molar-refractivity contribution in [3.8, 4) is 11.5 Å². The Balaban J connectivity index is 1.60. The van der Waals surface area contributed by atoms with Crippen molar-refractivity contribution in [1.82, 2.24) is 5.32 Å². The lowest BCUT2D eigenvalue weighted by molar-refractivity contribution is -0.143. The third-order valence-electron chi connectivity index (χ3n) is 6.39. The van der Waals surface area contributed by atoms with Crippen molar-refractivity contribution < 1.29 is 23.8 Å². The van der Waals surface area contributed by atoms with Crippen LogP contribution in [-0.2, 0) is 14.3 Å². The number of hydrogen-bond acceptors (Lipinski definition) is 6. The van der Waals surface area contributed by atoms with Crippen LogP contribution in [0.5, 0.6) is 11.5 Å².